The van der Waals surface area contributed by atoms with Gasteiger partial charge >= 0.3 is 0 Å². The predicted molar refractivity (Wildman–Crippen MR) is 85.1 cm³/mol. The molecule has 2 aromatic rings. The largest absolute Gasteiger partial charge is 0.495 e. The third-order valence-corrected chi connectivity index (χ3v) is 3.70. The minimum Gasteiger partial charge on any atom is -0.495 e. The molecular weight excluding hydrogens is 316 g/mol. The highest BCUT2D eigenvalue weighted by atomic mass is 79.9. The smallest absolute Gasteiger partial charge is 0.137 e. The molecule has 106 valence electrons. The highest BCUT2D eigenvalue weighted by Crippen LogP contribution is 2.22. The number of nitrogens with zero attached hydrogens (tertiary/aromatic N) is 1. The van der Waals surface area contributed by atoms with Crippen molar-refractivity contribution in [2.45, 2.75) is 19.4 Å². The fraction of sp³-hybridized carbons (Fsp3) is 0.312. The van der Waals surface area contributed by atoms with Gasteiger partial charge in [-0.05, 0) is 42.3 Å². The first-order valence-electron chi connectivity index (χ1n) is 6.69. The number of aromatic nitrogens is 1. The van der Waals surface area contributed by atoms with Crippen molar-refractivity contribution >= 4 is 15.9 Å². The molecule has 0 saturated heterocycles. The van der Waals surface area contributed by atoms with Gasteiger partial charge in [-0.1, -0.05) is 35.0 Å². The minimum atomic E-state index is 0.240. The van der Waals surface area contributed by atoms with Crippen LogP contribution in [0.4, 0.5) is 0 Å². The lowest BCUT2D eigenvalue weighted by Crippen LogP contribution is -2.23. The molecule has 0 aliphatic rings. The summed E-state index contributed by atoms with van der Waals surface area (Å²) in [6, 6.07) is 10.7. The zero-order valence-corrected chi connectivity index (χ0v) is 13.4. The maximum Gasteiger partial charge on any atom is 0.137 e. The summed E-state index contributed by atoms with van der Waals surface area (Å²) < 4.78 is 6.35. The number of hydrogen-bond donors (Lipinski definition) is 1. The standard InChI is InChI=1S/C16H19BrN2O/c1-3-19-16(8-12-4-6-14(17)7-5-12)13-9-15(20-2)11-18-10-13/h4-7,9-11,16,19H,3,8H2,1-2H3. The molecule has 0 radical (unpaired) electrons. The van der Waals surface area contributed by atoms with E-state index in [0.29, 0.717) is 0 Å². The van der Waals surface area contributed by atoms with Crippen LogP contribution in [0.3, 0.4) is 0 Å². The molecule has 0 fully saturated rings. The summed E-state index contributed by atoms with van der Waals surface area (Å²) in [5.41, 5.74) is 2.44. The molecule has 0 amide bonds. The predicted octanol–water partition coefficient (Wildman–Crippen LogP) is 3.75. The zero-order chi connectivity index (χ0) is 14.4. The van der Waals surface area contributed by atoms with Crippen LogP contribution >= 0.6 is 15.9 Å². The number of pyridine rings is 1. The Morgan fingerprint density at radius 1 is 1.25 bits per heavy atom. The molecule has 1 unspecified atom stereocenters. The zero-order valence-electron chi connectivity index (χ0n) is 11.8. The van der Waals surface area contributed by atoms with Crippen molar-refractivity contribution in [1.82, 2.24) is 10.3 Å². The second-order valence-electron chi connectivity index (χ2n) is 4.60. The fourth-order valence-corrected chi connectivity index (χ4v) is 2.41. The van der Waals surface area contributed by atoms with Crippen molar-refractivity contribution in [2.75, 3.05) is 13.7 Å². The Labute approximate surface area is 128 Å². The SMILES string of the molecule is CCNC(Cc1ccc(Br)cc1)c1cncc(OC)c1. The average molecular weight is 335 g/mol. The number of likely N-dealkylation sites (N-methyl/N-ethyl adjacent to an activating group) is 1. The summed E-state index contributed by atoms with van der Waals surface area (Å²) in [5.74, 6) is 0.793. The summed E-state index contributed by atoms with van der Waals surface area (Å²) in [6.45, 7) is 3.03. The number of halogens is 1. The summed E-state index contributed by atoms with van der Waals surface area (Å²) in [7, 11) is 1.66. The van der Waals surface area contributed by atoms with Crippen LogP contribution in [0.25, 0.3) is 0 Å². The van der Waals surface area contributed by atoms with Crippen LogP contribution in [-0.2, 0) is 6.42 Å². The van der Waals surface area contributed by atoms with E-state index >= 15 is 0 Å². The molecule has 1 N–H and O–H groups in total. The van der Waals surface area contributed by atoms with E-state index in [1.165, 1.54) is 5.56 Å². The van der Waals surface area contributed by atoms with Gasteiger partial charge < -0.3 is 10.1 Å². The van der Waals surface area contributed by atoms with E-state index in [4.69, 9.17) is 4.74 Å². The van der Waals surface area contributed by atoms with Gasteiger partial charge in [0.1, 0.15) is 5.75 Å². The Balaban J connectivity index is 2.19. The van der Waals surface area contributed by atoms with E-state index in [-0.39, 0.29) is 6.04 Å². The third-order valence-electron chi connectivity index (χ3n) is 3.18. The number of rotatable bonds is 6. The molecule has 0 aliphatic carbocycles. The Hall–Kier alpha value is -1.39. The molecule has 4 heteroatoms. The molecule has 2 rings (SSSR count). The van der Waals surface area contributed by atoms with Crippen LogP contribution < -0.4 is 10.1 Å². The lowest BCUT2D eigenvalue weighted by Gasteiger charge is -2.18. The first kappa shape index (κ1) is 15.0. The van der Waals surface area contributed by atoms with E-state index < -0.39 is 0 Å². The molecule has 0 saturated carbocycles. The second kappa shape index (κ2) is 7.41. The normalized spacial score (nSPS) is 12.2. The van der Waals surface area contributed by atoms with E-state index in [1.54, 1.807) is 13.3 Å². The monoisotopic (exact) mass is 334 g/mol. The molecule has 1 aromatic heterocycles. The van der Waals surface area contributed by atoms with Gasteiger partial charge in [-0.15, -0.1) is 0 Å². The Morgan fingerprint density at radius 2 is 2.00 bits per heavy atom. The molecule has 1 atom stereocenters. The van der Waals surface area contributed by atoms with Gasteiger partial charge in [0.2, 0.25) is 0 Å². The van der Waals surface area contributed by atoms with E-state index in [2.05, 4.69) is 57.4 Å². The van der Waals surface area contributed by atoms with Crippen molar-refractivity contribution in [3.05, 3.63) is 58.3 Å². The first-order valence-corrected chi connectivity index (χ1v) is 7.49. The lowest BCUT2D eigenvalue weighted by atomic mass is 10.00. The number of benzene rings is 1. The molecule has 1 aromatic carbocycles. The Morgan fingerprint density at radius 3 is 2.65 bits per heavy atom. The molecule has 0 bridgehead atoms. The van der Waals surface area contributed by atoms with Crippen LogP contribution in [0.15, 0.2) is 47.2 Å². The van der Waals surface area contributed by atoms with Crippen molar-refractivity contribution in [3.8, 4) is 5.75 Å². The van der Waals surface area contributed by atoms with Gasteiger partial charge in [0.05, 0.1) is 13.3 Å². The maximum atomic E-state index is 5.25. The second-order valence-corrected chi connectivity index (χ2v) is 5.51. The number of ether oxygens (including phenoxy) is 1. The quantitative estimate of drug-likeness (QED) is 0.873. The van der Waals surface area contributed by atoms with Crippen molar-refractivity contribution < 1.29 is 4.74 Å². The fourth-order valence-electron chi connectivity index (χ4n) is 2.15. The highest BCUT2D eigenvalue weighted by Gasteiger charge is 2.12. The number of methoxy groups -OCH3 is 1. The number of nitrogens with one attached hydrogen (secondary N) is 1. The molecule has 20 heavy (non-hydrogen) atoms. The maximum absolute atomic E-state index is 5.25. The van der Waals surface area contributed by atoms with Crippen LogP contribution in [-0.4, -0.2) is 18.6 Å². The first-order chi connectivity index (χ1) is 9.72. The summed E-state index contributed by atoms with van der Waals surface area (Å²) in [6.07, 6.45) is 4.55. The van der Waals surface area contributed by atoms with E-state index in [9.17, 15) is 0 Å². The van der Waals surface area contributed by atoms with E-state index in [1.807, 2.05) is 12.3 Å². The lowest BCUT2D eigenvalue weighted by molar-refractivity contribution is 0.410. The Bertz CT molecular complexity index is 542. The summed E-state index contributed by atoms with van der Waals surface area (Å²) >= 11 is 3.46. The molecule has 0 spiro atoms. The van der Waals surface area contributed by atoms with Crippen LogP contribution in [0.1, 0.15) is 24.1 Å². The van der Waals surface area contributed by atoms with Crippen molar-refractivity contribution in [2.24, 2.45) is 0 Å². The van der Waals surface area contributed by atoms with Gasteiger partial charge in [0.25, 0.3) is 0 Å². The minimum absolute atomic E-state index is 0.240. The number of hydrogen-bond acceptors (Lipinski definition) is 3. The van der Waals surface area contributed by atoms with Gasteiger partial charge in [-0.3, -0.25) is 4.98 Å². The van der Waals surface area contributed by atoms with Crippen LogP contribution in [0.2, 0.25) is 0 Å². The van der Waals surface area contributed by atoms with Gasteiger partial charge in [-0.2, -0.15) is 0 Å². The van der Waals surface area contributed by atoms with Crippen molar-refractivity contribution in [1.29, 1.82) is 0 Å². The van der Waals surface area contributed by atoms with Gasteiger partial charge in [0.15, 0.2) is 0 Å². The Kier molecular flexibility index (Phi) is 5.56. The van der Waals surface area contributed by atoms with Gasteiger partial charge in [-0.25, -0.2) is 0 Å². The molecule has 3 nitrogen and oxygen atoms in total. The molecular formula is C16H19BrN2O. The van der Waals surface area contributed by atoms with Crippen LogP contribution in [0.5, 0.6) is 5.75 Å². The molecule has 0 aliphatic heterocycles. The van der Waals surface area contributed by atoms with Crippen molar-refractivity contribution in [3.63, 3.8) is 0 Å². The third kappa shape index (κ3) is 4.05. The highest BCUT2D eigenvalue weighted by molar-refractivity contribution is 9.10. The topological polar surface area (TPSA) is 34.2 Å². The summed E-state index contributed by atoms with van der Waals surface area (Å²) in [5, 5.41) is 3.51. The van der Waals surface area contributed by atoms with E-state index in [0.717, 1.165) is 28.8 Å². The average Bonchev–Trinajstić information content (AvgIpc) is 2.49. The molecule has 1 heterocycles. The van der Waals surface area contributed by atoms with Gasteiger partial charge in [0, 0.05) is 16.7 Å². The summed E-state index contributed by atoms with van der Waals surface area (Å²) in [4.78, 5) is 4.24. The van der Waals surface area contributed by atoms with Crippen LogP contribution in [0, 0.1) is 0 Å².